The number of hydrogen-bond acceptors (Lipinski definition) is 6. The Hall–Kier alpha value is -2.19. The molecule has 2 aliphatic rings. The second kappa shape index (κ2) is 12.2. The van der Waals surface area contributed by atoms with Gasteiger partial charge in [-0.2, -0.15) is 0 Å². The molecule has 2 saturated heterocycles. The monoisotopic (exact) mass is 447 g/mol. The van der Waals surface area contributed by atoms with E-state index in [-0.39, 0.29) is 0 Å². The van der Waals surface area contributed by atoms with Crippen molar-refractivity contribution in [1.82, 2.24) is 20.0 Å². The molecule has 32 heavy (non-hydrogen) atoms. The fourth-order valence-electron chi connectivity index (χ4n) is 4.55. The van der Waals surface area contributed by atoms with Gasteiger partial charge in [-0.1, -0.05) is 6.92 Å². The third-order valence-corrected chi connectivity index (χ3v) is 6.60. The van der Waals surface area contributed by atoms with Gasteiger partial charge in [0.2, 0.25) is 5.75 Å². The standard InChI is InChI=1S/C24H41N5O3/c1-19-6-9-27(10-7-19)11-8-26-24(25-2)29-14-12-28(13-15-29)18-20-16-21(30-3)23(32-5)22(17-20)31-4/h16-17,19H,6-15,18H2,1-5H3,(H,25,26). The number of piperidine rings is 1. The van der Waals surface area contributed by atoms with Crippen molar-refractivity contribution < 1.29 is 14.2 Å². The minimum atomic E-state index is 0.637. The van der Waals surface area contributed by atoms with Gasteiger partial charge in [0.1, 0.15) is 0 Å². The smallest absolute Gasteiger partial charge is 0.203 e. The second-order valence-electron chi connectivity index (χ2n) is 8.79. The summed E-state index contributed by atoms with van der Waals surface area (Å²) in [6.07, 6.45) is 2.64. The van der Waals surface area contributed by atoms with Gasteiger partial charge in [0.05, 0.1) is 21.3 Å². The van der Waals surface area contributed by atoms with Crippen LogP contribution in [0, 0.1) is 5.92 Å². The zero-order valence-electron chi connectivity index (χ0n) is 20.5. The summed E-state index contributed by atoms with van der Waals surface area (Å²) in [7, 11) is 6.83. The summed E-state index contributed by atoms with van der Waals surface area (Å²) < 4.78 is 16.4. The van der Waals surface area contributed by atoms with Crippen LogP contribution in [-0.2, 0) is 6.54 Å². The molecule has 0 radical (unpaired) electrons. The van der Waals surface area contributed by atoms with E-state index < -0.39 is 0 Å². The van der Waals surface area contributed by atoms with Gasteiger partial charge in [0.15, 0.2) is 17.5 Å². The lowest BCUT2D eigenvalue weighted by Gasteiger charge is -2.37. The zero-order chi connectivity index (χ0) is 22.9. The summed E-state index contributed by atoms with van der Waals surface area (Å²) >= 11 is 0. The molecule has 1 aromatic rings. The molecule has 180 valence electrons. The van der Waals surface area contributed by atoms with E-state index in [2.05, 4.69) is 31.9 Å². The third kappa shape index (κ3) is 6.42. The molecule has 0 amide bonds. The highest BCUT2D eigenvalue weighted by atomic mass is 16.5. The first kappa shape index (κ1) is 24.5. The number of piperazine rings is 1. The lowest BCUT2D eigenvalue weighted by atomic mass is 9.99. The summed E-state index contributed by atoms with van der Waals surface area (Å²) in [5.41, 5.74) is 1.16. The number of ether oxygens (including phenoxy) is 3. The minimum Gasteiger partial charge on any atom is -0.493 e. The number of likely N-dealkylation sites (tertiary alicyclic amines) is 1. The first-order valence-corrected chi connectivity index (χ1v) is 11.8. The van der Waals surface area contributed by atoms with Crippen molar-refractivity contribution in [3.8, 4) is 17.2 Å². The Morgan fingerprint density at radius 1 is 0.938 bits per heavy atom. The topological polar surface area (TPSA) is 61.8 Å². The lowest BCUT2D eigenvalue weighted by molar-refractivity contribution is 0.170. The maximum atomic E-state index is 5.50. The maximum absolute atomic E-state index is 5.50. The molecule has 0 spiro atoms. The molecule has 2 fully saturated rings. The Morgan fingerprint density at radius 2 is 1.56 bits per heavy atom. The number of benzene rings is 1. The average molecular weight is 448 g/mol. The van der Waals surface area contributed by atoms with Crippen molar-refractivity contribution in [3.63, 3.8) is 0 Å². The number of guanidine groups is 1. The van der Waals surface area contributed by atoms with Crippen LogP contribution in [0.1, 0.15) is 25.3 Å². The van der Waals surface area contributed by atoms with E-state index in [1.807, 2.05) is 19.2 Å². The van der Waals surface area contributed by atoms with Gasteiger partial charge in [0.25, 0.3) is 0 Å². The molecule has 0 bridgehead atoms. The van der Waals surface area contributed by atoms with Crippen LogP contribution in [0.3, 0.4) is 0 Å². The summed E-state index contributed by atoms with van der Waals surface area (Å²) in [6.45, 7) is 11.6. The van der Waals surface area contributed by atoms with Crippen LogP contribution >= 0.6 is 0 Å². The highest BCUT2D eigenvalue weighted by molar-refractivity contribution is 5.80. The van der Waals surface area contributed by atoms with E-state index in [1.54, 1.807) is 21.3 Å². The van der Waals surface area contributed by atoms with Crippen LogP contribution in [0.4, 0.5) is 0 Å². The molecule has 2 heterocycles. The number of rotatable bonds is 8. The highest BCUT2D eigenvalue weighted by Gasteiger charge is 2.22. The van der Waals surface area contributed by atoms with Crippen LogP contribution in [0.25, 0.3) is 0 Å². The molecule has 8 nitrogen and oxygen atoms in total. The number of hydrogen-bond donors (Lipinski definition) is 1. The summed E-state index contributed by atoms with van der Waals surface area (Å²) in [5.74, 6) is 3.94. The van der Waals surface area contributed by atoms with Gasteiger partial charge in [-0.05, 0) is 49.5 Å². The molecule has 8 heteroatoms. The Kier molecular flexibility index (Phi) is 9.29. The van der Waals surface area contributed by atoms with Crippen molar-refractivity contribution in [2.75, 3.05) is 80.7 Å². The van der Waals surface area contributed by atoms with Crippen molar-refractivity contribution in [2.45, 2.75) is 26.3 Å². The van der Waals surface area contributed by atoms with Gasteiger partial charge in [-0.25, -0.2) is 0 Å². The van der Waals surface area contributed by atoms with Crippen LogP contribution in [-0.4, -0.2) is 101 Å². The van der Waals surface area contributed by atoms with Gasteiger partial charge in [-0.3, -0.25) is 9.89 Å². The minimum absolute atomic E-state index is 0.637. The predicted molar refractivity (Wildman–Crippen MR) is 129 cm³/mol. The van der Waals surface area contributed by atoms with Gasteiger partial charge < -0.3 is 29.3 Å². The molecule has 0 atom stereocenters. The van der Waals surface area contributed by atoms with E-state index in [0.717, 1.165) is 63.3 Å². The van der Waals surface area contributed by atoms with Crippen LogP contribution in [0.2, 0.25) is 0 Å². The quantitative estimate of drug-likeness (QED) is 0.484. The largest absolute Gasteiger partial charge is 0.493 e. The summed E-state index contributed by atoms with van der Waals surface area (Å²) in [5, 5.41) is 3.57. The van der Waals surface area contributed by atoms with Crippen molar-refractivity contribution >= 4 is 5.96 Å². The average Bonchev–Trinajstić information content (AvgIpc) is 2.83. The molecule has 0 aliphatic carbocycles. The SMILES string of the molecule is CN=C(NCCN1CCC(C)CC1)N1CCN(Cc2cc(OC)c(OC)c(OC)c2)CC1. The van der Waals surface area contributed by atoms with Gasteiger partial charge in [0, 0.05) is 52.9 Å². The Bertz CT molecular complexity index is 716. The fraction of sp³-hybridized carbons (Fsp3) is 0.708. The van der Waals surface area contributed by atoms with Crippen molar-refractivity contribution in [2.24, 2.45) is 10.9 Å². The Labute approximate surface area is 193 Å². The Balaban J connectivity index is 1.46. The molecule has 1 N–H and O–H groups in total. The number of nitrogens with one attached hydrogen (secondary N) is 1. The molecule has 3 rings (SSSR count). The fourth-order valence-corrected chi connectivity index (χ4v) is 4.55. The van der Waals surface area contributed by atoms with E-state index in [4.69, 9.17) is 14.2 Å². The second-order valence-corrected chi connectivity index (χ2v) is 8.79. The van der Waals surface area contributed by atoms with E-state index in [1.165, 1.54) is 25.9 Å². The van der Waals surface area contributed by atoms with E-state index in [9.17, 15) is 0 Å². The maximum Gasteiger partial charge on any atom is 0.203 e. The Morgan fingerprint density at radius 3 is 2.09 bits per heavy atom. The number of methoxy groups -OCH3 is 3. The van der Waals surface area contributed by atoms with Crippen LogP contribution < -0.4 is 19.5 Å². The number of aliphatic imine (C=N–C) groups is 1. The van der Waals surface area contributed by atoms with Crippen LogP contribution in [0.5, 0.6) is 17.2 Å². The summed E-state index contributed by atoms with van der Waals surface area (Å²) in [6, 6.07) is 4.07. The summed E-state index contributed by atoms with van der Waals surface area (Å²) in [4.78, 5) is 11.9. The van der Waals surface area contributed by atoms with Gasteiger partial charge >= 0.3 is 0 Å². The molecule has 2 aliphatic heterocycles. The molecular formula is C24H41N5O3. The van der Waals surface area contributed by atoms with E-state index >= 15 is 0 Å². The normalized spacial score (nSPS) is 19.2. The third-order valence-electron chi connectivity index (χ3n) is 6.60. The van der Waals surface area contributed by atoms with Crippen molar-refractivity contribution in [1.29, 1.82) is 0 Å². The number of nitrogens with zero attached hydrogens (tertiary/aromatic N) is 4. The molecule has 0 unspecified atom stereocenters. The molecule has 0 saturated carbocycles. The molecule has 1 aromatic carbocycles. The first-order chi connectivity index (χ1) is 15.6. The highest BCUT2D eigenvalue weighted by Crippen LogP contribution is 2.38. The first-order valence-electron chi connectivity index (χ1n) is 11.8. The zero-order valence-corrected chi connectivity index (χ0v) is 20.5. The van der Waals surface area contributed by atoms with Crippen molar-refractivity contribution in [3.05, 3.63) is 17.7 Å². The van der Waals surface area contributed by atoms with E-state index in [0.29, 0.717) is 17.2 Å². The predicted octanol–water partition coefficient (Wildman–Crippen LogP) is 2.14. The molecule has 0 aromatic heterocycles. The molecular weight excluding hydrogens is 406 g/mol. The lowest BCUT2D eigenvalue weighted by Crippen LogP contribution is -2.53. The van der Waals surface area contributed by atoms with Gasteiger partial charge in [-0.15, -0.1) is 0 Å². The van der Waals surface area contributed by atoms with Crippen LogP contribution in [0.15, 0.2) is 17.1 Å².